The first-order valence-corrected chi connectivity index (χ1v) is 12.0. The van der Waals surface area contributed by atoms with E-state index in [4.69, 9.17) is 16.9 Å². The topological polar surface area (TPSA) is 68.2 Å². The van der Waals surface area contributed by atoms with Crippen LogP contribution in [0.5, 0.6) is 0 Å². The highest BCUT2D eigenvalue weighted by Crippen LogP contribution is 2.30. The molecule has 2 fully saturated rings. The van der Waals surface area contributed by atoms with Gasteiger partial charge in [-0.2, -0.15) is 5.26 Å². The number of nitriles is 1. The third kappa shape index (κ3) is 5.26. The molecule has 1 aliphatic carbocycles. The van der Waals surface area contributed by atoms with E-state index in [2.05, 4.69) is 40.8 Å². The Balaban J connectivity index is 1.28. The smallest absolute Gasteiger partial charge is 0.251 e. The molecule has 0 spiro atoms. The summed E-state index contributed by atoms with van der Waals surface area (Å²) in [7, 11) is 2.07. The fourth-order valence-corrected chi connectivity index (χ4v) is 5.18. The summed E-state index contributed by atoms with van der Waals surface area (Å²) in [6.45, 7) is 2.14. The summed E-state index contributed by atoms with van der Waals surface area (Å²) >= 11 is 6.21. The summed E-state index contributed by atoms with van der Waals surface area (Å²) in [4.78, 5) is 15.0. The van der Waals surface area contributed by atoms with Crippen LogP contribution < -0.4 is 15.5 Å². The second kappa shape index (κ2) is 10.4. The number of hydrogen-bond acceptors (Lipinski definition) is 4. The molecule has 1 amide bonds. The Bertz CT molecular complexity index is 970. The van der Waals surface area contributed by atoms with Crippen molar-refractivity contribution in [1.29, 1.82) is 5.26 Å². The summed E-state index contributed by atoms with van der Waals surface area (Å²) in [6, 6.07) is 16.5. The number of nitrogens with zero attached hydrogens (tertiary/aromatic N) is 2. The summed E-state index contributed by atoms with van der Waals surface area (Å²) < 4.78 is 0. The Morgan fingerprint density at radius 3 is 2.38 bits per heavy atom. The molecule has 5 nitrogen and oxygen atoms in total. The molecule has 32 heavy (non-hydrogen) atoms. The lowest BCUT2D eigenvalue weighted by molar-refractivity contribution is 0.0926. The van der Waals surface area contributed by atoms with Crippen LogP contribution in [0.4, 0.5) is 5.69 Å². The van der Waals surface area contributed by atoms with Crippen molar-refractivity contribution in [2.45, 2.75) is 56.5 Å². The van der Waals surface area contributed by atoms with E-state index >= 15 is 0 Å². The standard InChI is InChI=1S/C26H31ClN4O/c1-31(24-9-6-21(17-28)25(27)16-24)23-10-7-22(8-11-23)30-26(32)20-4-2-18(3-5-20)19-12-14-29-15-13-19/h2-6,9,16,19,22-23,29H,7-8,10-15H2,1H3,(H,30,32)/t22-,23-. The van der Waals surface area contributed by atoms with Gasteiger partial charge in [-0.25, -0.2) is 0 Å². The molecular weight excluding hydrogens is 420 g/mol. The van der Waals surface area contributed by atoms with Crippen LogP contribution in [0, 0.1) is 11.3 Å². The normalized spacial score (nSPS) is 21.5. The second-order valence-electron chi connectivity index (χ2n) is 9.01. The number of anilines is 1. The van der Waals surface area contributed by atoms with Gasteiger partial charge in [0.1, 0.15) is 6.07 Å². The Kier molecular flexibility index (Phi) is 7.34. The number of piperidine rings is 1. The molecule has 168 valence electrons. The molecule has 0 bridgehead atoms. The third-order valence-electron chi connectivity index (χ3n) is 7.04. The number of rotatable bonds is 5. The lowest BCUT2D eigenvalue weighted by Gasteiger charge is -2.36. The molecule has 2 aromatic carbocycles. The lowest BCUT2D eigenvalue weighted by Crippen LogP contribution is -2.42. The SMILES string of the molecule is CN(c1ccc(C#N)c(Cl)c1)[C@H]1CC[C@H](NC(=O)c2ccc(C3CCNCC3)cc2)CC1. The van der Waals surface area contributed by atoms with Gasteiger partial charge < -0.3 is 15.5 Å². The number of hydrogen-bond donors (Lipinski definition) is 2. The molecule has 2 aliphatic rings. The number of carbonyl (C=O) groups is 1. The van der Waals surface area contributed by atoms with Gasteiger partial charge in [0.15, 0.2) is 0 Å². The van der Waals surface area contributed by atoms with Crippen molar-refractivity contribution >= 4 is 23.2 Å². The highest BCUT2D eigenvalue weighted by Gasteiger charge is 2.26. The number of nitrogens with one attached hydrogen (secondary N) is 2. The predicted octanol–water partition coefficient (Wildman–Crippen LogP) is 4.86. The molecule has 2 aromatic rings. The molecule has 1 heterocycles. The minimum absolute atomic E-state index is 0.0255. The van der Waals surface area contributed by atoms with Crippen LogP contribution in [-0.2, 0) is 0 Å². The van der Waals surface area contributed by atoms with Gasteiger partial charge in [-0.15, -0.1) is 0 Å². The first-order valence-electron chi connectivity index (χ1n) is 11.6. The van der Waals surface area contributed by atoms with Gasteiger partial charge in [0.2, 0.25) is 0 Å². The van der Waals surface area contributed by atoms with Crippen LogP contribution in [0.15, 0.2) is 42.5 Å². The molecule has 1 saturated carbocycles. The maximum atomic E-state index is 12.8. The van der Waals surface area contributed by atoms with E-state index in [1.807, 2.05) is 24.3 Å². The van der Waals surface area contributed by atoms with Crippen molar-refractivity contribution in [3.63, 3.8) is 0 Å². The maximum absolute atomic E-state index is 12.8. The first-order chi connectivity index (χ1) is 15.5. The zero-order chi connectivity index (χ0) is 22.5. The third-order valence-corrected chi connectivity index (χ3v) is 7.36. The van der Waals surface area contributed by atoms with Gasteiger partial charge in [0.05, 0.1) is 10.6 Å². The molecule has 0 unspecified atom stereocenters. The van der Waals surface area contributed by atoms with Crippen LogP contribution >= 0.6 is 11.6 Å². The zero-order valence-corrected chi connectivity index (χ0v) is 19.4. The molecule has 4 rings (SSSR count). The van der Waals surface area contributed by atoms with Crippen molar-refractivity contribution in [2.75, 3.05) is 25.0 Å². The summed E-state index contributed by atoms with van der Waals surface area (Å²) in [5, 5.41) is 16.2. The number of benzene rings is 2. The van der Waals surface area contributed by atoms with Gasteiger partial charge in [0, 0.05) is 30.4 Å². The first kappa shape index (κ1) is 22.6. The van der Waals surface area contributed by atoms with Crippen molar-refractivity contribution in [3.05, 3.63) is 64.2 Å². The zero-order valence-electron chi connectivity index (χ0n) is 18.6. The molecule has 1 saturated heterocycles. The lowest BCUT2D eigenvalue weighted by atomic mass is 9.89. The Morgan fingerprint density at radius 1 is 1.06 bits per heavy atom. The fourth-order valence-electron chi connectivity index (χ4n) is 4.96. The van der Waals surface area contributed by atoms with Crippen molar-refractivity contribution in [3.8, 4) is 6.07 Å². The number of halogens is 1. The molecule has 2 N–H and O–H groups in total. The molecule has 6 heteroatoms. The van der Waals surface area contributed by atoms with E-state index in [1.54, 1.807) is 6.07 Å². The largest absolute Gasteiger partial charge is 0.372 e. The molecule has 0 radical (unpaired) electrons. The summed E-state index contributed by atoms with van der Waals surface area (Å²) in [5.41, 5.74) is 3.61. The average Bonchev–Trinajstić information content (AvgIpc) is 2.84. The van der Waals surface area contributed by atoms with Crippen molar-refractivity contribution in [1.82, 2.24) is 10.6 Å². The summed E-state index contributed by atoms with van der Waals surface area (Å²) in [5.74, 6) is 0.629. The van der Waals surface area contributed by atoms with E-state index in [0.29, 0.717) is 22.5 Å². The molecule has 0 atom stereocenters. The number of carbonyl (C=O) groups excluding carboxylic acids is 1. The van der Waals surface area contributed by atoms with Crippen LogP contribution in [0.2, 0.25) is 5.02 Å². The van der Waals surface area contributed by atoms with E-state index in [0.717, 1.165) is 62.9 Å². The highest BCUT2D eigenvalue weighted by molar-refractivity contribution is 6.32. The minimum atomic E-state index is 0.0255. The van der Waals surface area contributed by atoms with Crippen LogP contribution in [0.25, 0.3) is 0 Å². The fraction of sp³-hybridized carbons (Fsp3) is 0.462. The summed E-state index contributed by atoms with van der Waals surface area (Å²) in [6.07, 6.45) is 6.26. The van der Waals surface area contributed by atoms with Gasteiger partial charge in [-0.1, -0.05) is 23.7 Å². The monoisotopic (exact) mass is 450 g/mol. The number of amides is 1. The quantitative estimate of drug-likeness (QED) is 0.682. The van der Waals surface area contributed by atoms with E-state index in [-0.39, 0.29) is 11.9 Å². The minimum Gasteiger partial charge on any atom is -0.372 e. The van der Waals surface area contributed by atoms with Crippen LogP contribution in [0.3, 0.4) is 0 Å². The van der Waals surface area contributed by atoms with E-state index < -0.39 is 0 Å². The van der Waals surface area contributed by atoms with E-state index in [1.165, 1.54) is 5.56 Å². The van der Waals surface area contributed by atoms with Gasteiger partial charge in [-0.3, -0.25) is 4.79 Å². The van der Waals surface area contributed by atoms with Crippen molar-refractivity contribution < 1.29 is 4.79 Å². The molecular formula is C26H31ClN4O. The predicted molar refractivity (Wildman–Crippen MR) is 129 cm³/mol. The Morgan fingerprint density at radius 2 is 1.75 bits per heavy atom. The Hall–Kier alpha value is -2.55. The van der Waals surface area contributed by atoms with Gasteiger partial charge in [0.25, 0.3) is 5.91 Å². The molecule has 0 aromatic heterocycles. The average molecular weight is 451 g/mol. The molecule has 1 aliphatic heterocycles. The highest BCUT2D eigenvalue weighted by atomic mass is 35.5. The van der Waals surface area contributed by atoms with Crippen LogP contribution in [-0.4, -0.2) is 38.1 Å². The van der Waals surface area contributed by atoms with Gasteiger partial charge >= 0.3 is 0 Å². The second-order valence-corrected chi connectivity index (χ2v) is 9.42. The Labute approximate surface area is 195 Å². The van der Waals surface area contributed by atoms with E-state index in [9.17, 15) is 4.79 Å². The van der Waals surface area contributed by atoms with Crippen LogP contribution in [0.1, 0.15) is 65.9 Å². The maximum Gasteiger partial charge on any atom is 0.251 e. The van der Waals surface area contributed by atoms with Crippen molar-refractivity contribution in [2.24, 2.45) is 0 Å². The van der Waals surface area contributed by atoms with Gasteiger partial charge in [-0.05, 0) is 93.4 Å².